The van der Waals surface area contributed by atoms with Gasteiger partial charge in [0.05, 0.1) is 4.88 Å². The van der Waals surface area contributed by atoms with Gasteiger partial charge >= 0.3 is 0 Å². The lowest BCUT2D eigenvalue weighted by Gasteiger charge is -2.21. The van der Waals surface area contributed by atoms with Crippen LogP contribution in [-0.4, -0.2) is 38.3 Å². The minimum absolute atomic E-state index is 0.125. The van der Waals surface area contributed by atoms with Crippen molar-refractivity contribution < 1.29 is 14.4 Å². The first-order chi connectivity index (χ1) is 12.3. The van der Waals surface area contributed by atoms with Crippen molar-refractivity contribution in [2.45, 2.75) is 31.9 Å². The fourth-order valence-electron chi connectivity index (χ4n) is 3.27. The molecule has 1 amide bonds. The summed E-state index contributed by atoms with van der Waals surface area (Å²) in [4.78, 5) is 15.0. The third-order valence-electron chi connectivity index (χ3n) is 4.53. The minimum Gasteiger partial charge on any atom is -0.372 e. The lowest BCUT2D eigenvalue weighted by Crippen LogP contribution is -3.13. The second-order valence-electron chi connectivity index (χ2n) is 6.61. The SMILES string of the molecule is O=C(C[NH+](Cc1cccs1)C[C@H]1CCCO1)NCCc1ccccc1. The van der Waals surface area contributed by atoms with E-state index < -0.39 is 0 Å². The lowest BCUT2D eigenvalue weighted by atomic mass is 10.1. The maximum atomic E-state index is 12.4. The van der Waals surface area contributed by atoms with Gasteiger partial charge in [-0.2, -0.15) is 0 Å². The molecule has 1 fully saturated rings. The standard InChI is InChI=1S/C20H26N2O2S/c23-20(21-11-10-17-6-2-1-3-7-17)16-22(14-18-8-4-12-24-18)15-19-9-5-13-25-19/h1-3,5-7,9,13,18H,4,8,10-12,14-16H2,(H,21,23)/p+1/t18-/m1/s1. The van der Waals surface area contributed by atoms with Crippen LogP contribution in [0.25, 0.3) is 0 Å². The summed E-state index contributed by atoms with van der Waals surface area (Å²) in [5.41, 5.74) is 1.25. The molecule has 0 aliphatic carbocycles. The molecule has 1 aliphatic rings. The van der Waals surface area contributed by atoms with Crippen LogP contribution < -0.4 is 10.2 Å². The largest absolute Gasteiger partial charge is 0.372 e. The molecule has 2 aromatic rings. The molecule has 0 radical (unpaired) electrons. The maximum absolute atomic E-state index is 12.4. The first-order valence-electron chi connectivity index (χ1n) is 9.08. The molecule has 1 aromatic heterocycles. The Morgan fingerprint density at radius 3 is 2.84 bits per heavy atom. The highest BCUT2D eigenvalue weighted by atomic mass is 32.1. The molecule has 1 aromatic carbocycles. The van der Waals surface area contributed by atoms with Crippen molar-refractivity contribution in [1.29, 1.82) is 0 Å². The fourth-order valence-corrected chi connectivity index (χ4v) is 4.05. The normalized spacial score (nSPS) is 18.2. The van der Waals surface area contributed by atoms with E-state index in [1.165, 1.54) is 15.3 Å². The number of amides is 1. The Morgan fingerprint density at radius 2 is 2.12 bits per heavy atom. The molecule has 0 bridgehead atoms. The number of carbonyl (C=O) groups is 1. The van der Waals surface area contributed by atoms with Crippen molar-refractivity contribution in [2.24, 2.45) is 0 Å². The second kappa shape index (κ2) is 9.70. The summed E-state index contributed by atoms with van der Waals surface area (Å²) in [5, 5.41) is 5.17. The molecule has 1 unspecified atom stereocenters. The zero-order valence-corrected chi connectivity index (χ0v) is 15.4. The summed E-state index contributed by atoms with van der Waals surface area (Å²) in [6, 6.07) is 14.5. The summed E-state index contributed by atoms with van der Waals surface area (Å²) < 4.78 is 5.77. The molecule has 0 spiro atoms. The number of ether oxygens (including phenoxy) is 1. The van der Waals surface area contributed by atoms with Gasteiger partial charge in [-0.1, -0.05) is 36.4 Å². The summed E-state index contributed by atoms with van der Waals surface area (Å²) >= 11 is 1.76. The first kappa shape index (κ1) is 18.1. The van der Waals surface area contributed by atoms with E-state index in [2.05, 4.69) is 35.0 Å². The average Bonchev–Trinajstić information content (AvgIpc) is 3.30. The Labute approximate surface area is 153 Å². The summed E-state index contributed by atoms with van der Waals surface area (Å²) in [6.07, 6.45) is 3.43. The molecule has 3 rings (SSSR count). The first-order valence-corrected chi connectivity index (χ1v) is 9.96. The van der Waals surface area contributed by atoms with Gasteiger partial charge in [-0.3, -0.25) is 4.79 Å². The number of carbonyl (C=O) groups excluding carboxylic acids is 1. The van der Waals surface area contributed by atoms with Gasteiger partial charge in [0.1, 0.15) is 19.2 Å². The number of hydrogen-bond donors (Lipinski definition) is 2. The number of benzene rings is 1. The predicted octanol–water partition coefficient (Wildman–Crippen LogP) is 1.67. The van der Waals surface area contributed by atoms with Crippen molar-refractivity contribution in [3.8, 4) is 0 Å². The molecule has 4 nitrogen and oxygen atoms in total. The molecular formula is C20H27N2O2S+. The average molecular weight is 360 g/mol. The van der Waals surface area contributed by atoms with Crippen molar-refractivity contribution >= 4 is 17.2 Å². The molecule has 2 N–H and O–H groups in total. The maximum Gasteiger partial charge on any atom is 0.275 e. The topological polar surface area (TPSA) is 42.8 Å². The van der Waals surface area contributed by atoms with Gasteiger partial charge in [-0.25, -0.2) is 0 Å². The smallest absolute Gasteiger partial charge is 0.275 e. The van der Waals surface area contributed by atoms with Gasteiger partial charge in [0, 0.05) is 13.2 Å². The highest BCUT2D eigenvalue weighted by Gasteiger charge is 2.24. The zero-order chi connectivity index (χ0) is 17.3. The van der Waals surface area contributed by atoms with E-state index in [4.69, 9.17) is 4.74 Å². The van der Waals surface area contributed by atoms with Gasteiger partial charge in [0.25, 0.3) is 5.91 Å². The van der Waals surface area contributed by atoms with Crippen LogP contribution in [0.15, 0.2) is 47.8 Å². The van der Waals surface area contributed by atoms with E-state index in [0.717, 1.165) is 39.0 Å². The molecule has 134 valence electrons. The van der Waals surface area contributed by atoms with E-state index >= 15 is 0 Å². The minimum atomic E-state index is 0.125. The van der Waals surface area contributed by atoms with E-state index in [1.54, 1.807) is 11.3 Å². The van der Waals surface area contributed by atoms with Crippen LogP contribution in [0.2, 0.25) is 0 Å². The van der Waals surface area contributed by atoms with Gasteiger partial charge < -0.3 is 15.0 Å². The molecule has 5 heteroatoms. The van der Waals surface area contributed by atoms with Gasteiger partial charge in [-0.15, -0.1) is 11.3 Å². The Hall–Kier alpha value is -1.69. The monoisotopic (exact) mass is 359 g/mol. The van der Waals surface area contributed by atoms with E-state index in [-0.39, 0.29) is 5.91 Å². The molecule has 0 saturated carbocycles. The number of nitrogens with one attached hydrogen (secondary N) is 2. The number of rotatable bonds is 9. The van der Waals surface area contributed by atoms with E-state index in [1.807, 2.05) is 18.2 Å². The highest BCUT2D eigenvalue weighted by molar-refractivity contribution is 7.09. The quantitative estimate of drug-likeness (QED) is 0.715. The third-order valence-corrected chi connectivity index (χ3v) is 5.41. The fraction of sp³-hybridized carbons (Fsp3) is 0.450. The molecule has 1 saturated heterocycles. The van der Waals surface area contributed by atoms with Gasteiger partial charge in [-0.05, 0) is 36.3 Å². The van der Waals surface area contributed by atoms with E-state index in [0.29, 0.717) is 19.2 Å². The Kier molecular flexibility index (Phi) is 7.03. The zero-order valence-electron chi connectivity index (χ0n) is 14.6. The second-order valence-corrected chi connectivity index (χ2v) is 7.64. The number of thiophene rings is 1. The molecule has 2 atom stereocenters. The molecule has 2 heterocycles. The van der Waals surface area contributed by atoms with Crippen LogP contribution in [0.4, 0.5) is 0 Å². The summed E-state index contributed by atoms with van der Waals surface area (Å²) in [7, 11) is 0. The molecular weight excluding hydrogens is 332 g/mol. The Morgan fingerprint density at radius 1 is 1.24 bits per heavy atom. The summed E-state index contributed by atoms with van der Waals surface area (Å²) in [5.74, 6) is 0.125. The van der Waals surface area contributed by atoms with E-state index in [9.17, 15) is 4.79 Å². The lowest BCUT2D eigenvalue weighted by molar-refractivity contribution is -0.908. The Bertz CT molecular complexity index is 624. The van der Waals surface area contributed by atoms with Crippen LogP contribution >= 0.6 is 11.3 Å². The molecule has 1 aliphatic heterocycles. The van der Waals surface area contributed by atoms with Crippen LogP contribution in [0, 0.1) is 0 Å². The van der Waals surface area contributed by atoms with Gasteiger partial charge in [0.15, 0.2) is 6.54 Å². The number of quaternary nitrogens is 1. The predicted molar refractivity (Wildman–Crippen MR) is 101 cm³/mol. The van der Waals surface area contributed by atoms with Crippen LogP contribution in [0.5, 0.6) is 0 Å². The van der Waals surface area contributed by atoms with Crippen LogP contribution in [-0.2, 0) is 22.5 Å². The summed E-state index contributed by atoms with van der Waals surface area (Å²) in [6.45, 7) is 3.86. The third kappa shape index (κ3) is 6.27. The Balaban J connectivity index is 1.46. The number of hydrogen-bond acceptors (Lipinski definition) is 3. The van der Waals surface area contributed by atoms with Crippen LogP contribution in [0.1, 0.15) is 23.3 Å². The van der Waals surface area contributed by atoms with Crippen molar-refractivity contribution in [3.05, 3.63) is 58.3 Å². The van der Waals surface area contributed by atoms with Gasteiger partial charge in [0.2, 0.25) is 0 Å². The van der Waals surface area contributed by atoms with Crippen molar-refractivity contribution in [2.75, 3.05) is 26.2 Å². The highest BCUT2D eigenvalue weighted by Crippen LogP contribution is 2.10. The van der Waals surface area contributed by atoms with Crippen molar-refractivity contribution in [3.63, 3.8) is 0 Å². The van der Waals surface area contributed by atoms with Crippen LogP contribution in [0.3, 0.4) is 0 Å². The van der Waals surface area contributed by atoms with Crippen molar-refractivity contribution in [1.82, 2.24) is 5.32 Å². The molecule has 25 heavy (non-hydrogen) atoms.